The number of carboxylic acid groups (broad SMARTS) is 1. The number of piperazine rings is 2. The van der Waals surface area contributed by atoms with E-state index in [1.54, 1.807) is 45.7 Å². The predicted octanol–water partition coefficient (Wildman–Crippen LogP) is 15.7. The second-order valence-electron chi connectivity index (χ2n) is 39.3. The Morgan fingerprint density at radius 1 is 0.442 bits per heavy atom. The molecule has 10 aliphatic rings. The number of nitrogens with zero attached hydrogens (tertiary/aromatic N) is 11. The number of nitrogens with one attached hydrogen (secondary N) is 1. The number of anilines is 1. The highest BCUT2D eigenvalue weighted by Gasteiger charge is 2.41. The molecule has 12 rings (SSSR count). The van der Waals surface area contributed by atoms with Crippen molar-refractivity contribution in [2.45, 2.75) is 324 Å². The number of carboxylic acids is 1. The third-order valence-electron chi connectivity index (χ3n) is 27.2. The van der Waals surface area contributed by atoms with Crippen LogP contribution >= 0.6 is 0 Å². The second kappa shape index (κ2) is 54.4. The van der Waals surface area contributed by atoms with Gasteiger partial charge < -0.3 is 39.2 Å². The van der Waals surface area contributed by atoms with Crippen LogP contribution in [0.4, 0.5) is 5.69 Å². The average Bonchev–Trinajstić information content (AvgIpc) is 1.64. The molecule has 2 N–H and O–H groups in total. The van der Waals surface area contributed by atoms with Crippen LogP contribution in [0.2, 0.25) is 0 Å². The first kappa shape index (κ1) is 107. The summed E-state index contributed by atoms with van der Waals surface area (Å²) >= 11 is 0. The number of hydrogen-bond donors (Lipinski definition) is 2. The van der Waals surface area contributed by atoms with Crippen molar-refractivity contribution in [3.63, 3.8) is 0 Å². The molecule has 0 aromatic heterocycles. The summed E-state index contributed by atoms with van der Waals surface area (Å²) in [6, 6.07) is 20.8. The maximum atomic E-state index is 12.0. The van der Waals surface area contributed by atoms with Crippen LogP contribution in [-0.4, -0.2) is 299 Å². The summed E-state index contributed by atoms with van der Waals surface area (Å²) in [6.07, 6.45) is 16.2. The van der Waals surface area contributed by atoms with E-state index >= 15 is 0 Å². The zero-order valence-corrected chi connectivity index (χ0v) is 80.9. The van der Waals surface area contributed by atoms with Gasteiger partial charge in [0.15, 0.2) is 0 Å². The van der Waals surface area contributed by atoms with Crippen molar-refractivity contribution in [1.82, 2.24) is 49.0 Å². The molecule has 120 heavy (non-hydrogen) atoms. The number of benzene rings is 2. The van der Waals surface area contributed by atoms with Crippen molar-refractivity contribution < 1.29 is 43.4 Å². The van der Waals surface area contributed by atoms with Gasteiger partial charge in [-0.25, -0.2) is 4.79 Å². The quantitative estimate of drug-likeness (QED) is 0.0808. The fourth-order valence-corrected chi connectivity index (χ4v) is 19.0. The van der Waals surface area contributed by atoms with E-state index in [4.69, 9.17) is 15.3 Å². The average molecular weight is 1680 g/mol. The van der Waals surface area contributed by atoms with Crippen molar-refractivity contribution in [2.75, 3.05) is 149 Å². The summed E-state index contributed by atoms with van der Waals surface area (Å²) in [7, 11) is 0. The van der Waals surface area contributed by atoms with Crippen molar-refractivity contribution in [2.24, 2.45) is 46.8 Å². The van der Waals surface area contributed by atoms with Crippen LogP contribution < -0.4 is 4.90 Å². The molecule has 21 nitrogen and oxygen atoms in total. The number of amidine groups is 1. The van der Waals surface area contributed by atoms with E-state index in [1.165, 1.54) is 75.7 Å². The lowest BCUT2D eigenvalue weighted by Gasteiger charge is -2.41. The first-order chi connectivity index (χ1) is 56.5. The molecular weight excluding hydrogens is 1500 g/mol. The second-order valence-corrected chi connectivity index (χ2v) is 39.3. The van der Waals surface area contributed by atoms with Gasteiger partial charge in [-0.1, -0.05) is 77.1 Å². The van der Waals surface area contributed by atoms with Gasteiger partial charge in [0.2, 0.25) is 5.91 Å². The largest absolute Gasteiger partial charge is 0.480 e. The molecule has 686 valence electrons. The van der Waals surface area contributed by atoms with Gasteiger partial charge in [0.25, 0.3) is 0 Å². The number of Topliss-reactive ketones (excluding diaryl/α,β-unsaturated/α-hetero) is 4. The van der Waals surface area contributed by atoms with E-state index in [1.807, 2.05) is 44.7 Å². The van der Waals surface area contributed by atoms with Gasteiger partial charge in [0.1, 0.15) is 35.2 Å². The number of piperidine rings is 5. The molecule has 3 atom stereocenters. The van der Waals surface area contributed by atoms with Crippen LogP contribution in [0.25, 0.3) is 0 Å². The third kappa shape index (κ3) is 37.3. The van der Waals surface area contributed by atoms with Crippen molar-refractivity contribution >= 4 is 52.5 Å². The first-order valence-corrected chi connectivity index (χ1v) is 47.3. The monoisotopic (exact) mass is 1680 g/mol. The standard InChI is InChI=1S/C16H23N.C14H19NO2.C11H21NO.C10H20N2O.3C10H19NO.C9H19N3.C9H17NO2/c1-13(2)17-9-7-16(8-10-17)11-14-5-3-4-6-15(14)12-16;1-4-17-14(16)13-9-11-7-5-6-8-12(11)15(13)10(2)3;1-9(2)11-4-6-12(7-5-11)8-10(3)13;1-9(2)12-6-4-11(5-7-12)8-10(3)13;2*1-8(2)11-6-4-10(5-7-11)9(3)12;1-8(2)10-4-6-11(7-5-10)9(3)12;1-8(2)11-4-6-12(7-5-11)9(3)10;1-6(2)10-5-7(3)4-8(10)9(11)12/h3-6,13H,7-12H2,1-2H3;5-8,10,13H,4,9H2,1-3H3;9,11H,4-8H2,1-3H3;9H,4-8H2,1-3H3;4*8,10H,4-7H2,1-3H3;6-8H,4-5H2,1-3H3,(H,11,12)/t;;;;;;;;7-,8+/m........1/s1. The number of likely N-dealkylation sites (tertiary alicyclic amines) is 6. The Balaban J connectivity index is 0.000000285. The van der Waals surface area contributed by atoms with E-state index in [-0.39, 0.29) is 29.7 Å². The molecule has 0 saturated carbocycles. The fraction of sp³-hybridized carbons (Fsp3) is 0.798. The number of fused-ring (bicyclic) bond motifs is 2. The molecule has 0 radical (unpaired) electrons. The van der Waals surface area contributed by atoms with E-state index in [9.17, 15) is 33.6 Å². The summed E-state index contributed by atoms with van der Waals surface area (Å²) in [4.78, 5) is 103. The number of para-hydroxylation sites is 1. The summed E-state index contributed by atoms with van der Waals surface area (Å²) < 4.78 is 5.16. The lowest BCUT2D eigenvalue weighted by atomic mass is 9.76. The zero-order valence-electron chi connectivity index (χ0n) is 80.9. The minimum atomic E-state index is -0.673. The molecule has 9 aliphatic heterocycles. The number of carbonyl (C=O) groups is 7. The molecule has 1 unspecified atom stereocenters. The summed E-state index contributed by atoms with van der Waals surface area (Å²) in [5, 5.41) is 16.4. The Kier molecular flexibility index (Phi) is 48.4. The predicted molar refractivity (Wildman–Crippen MR) is 498 cm³/mol. The Hall–Kier alpha value is -5.52. The minimum absolute atomic E-state index is 0.114. The van der Waals surface area contributed by atoms with Crippen LogP contribution in [0.1, 0.15) is 267 Å². The molecule has 2 aromatic carbocycles. The normalized spacial score (nSPS) is 21.9. The summed E-state index contributed by atoms with van der Waals surface area (Å²) in [5.41, 5.74) is 6.24. The van der Waals surface area contributed by atoms with E-state index in [0.717, 1.165) is 179 Å². The number of aliphatic carboxylic acids is 1. The molecule has 0 bridgehead atoms. The van der Waals surface area contributed by atoms with E-state index in [2.05, 4.69) is 203 Å². The molecule has 21 heteroatoms. The van der Waals surface area contributed by atoms with Crippen molar-refractivity contribution in [1.29, 1.82) is 5.41 Å². The fourth-order valence-electron chi connectivity index (χ4n) is 19.0. The van der Waals surface area contributed by atoms with Crippen LogP contribution in [0.3, 0.4) is 0 Å². The number of carbonyl (C=O) groups excluding carboxylic acids is 6. The van der Waals surface area contributed by atoms with Crippen LogP contribution in [-0.2, 0) is 57.6 Å². The molecule has 1 spiro atoms. The van der Waals surface area contributed by atoms with Crippen molar-refractivity contribution in [3.05, 3.63) is 65.2 Å². The summed E-state index contributed by atoms with van der Waals surface area (Å²) in [5.74, 6) is 5.98. The van der Waals surface area contributed by atoms with Gasteiger partial charge in [-0.15, -0.1) is 0 Å². The number of ether oxygens (including phenoxy) is 1. The number of hydrogen-bond acceptors (Lipinski definition) is 18. The lowest BCUT2D eigenvalue weighted by Crippen LogP contribution is -2.49. The summed E-state index contributed by atoms with van der Waals surface area (Å²) in [6.45, 7) is 76.5. The van der Waals surface area contributed by atoms with Gasteiger partial charge in [0.05, 0.1) is 25.5 Å². The van der Waals surface area contributed by atoms with Gasteiger partial charge in [0, 0.05) is 145 Å². The molecule has 8 saturated heterocycles. The molecule has 2 aromatic rings. The highest BCUT2D eigenvalue weighted by molar-refractivity contribution is 5.84. The van der Waals surface area contributed by atoms with Crippen LogP contribution in [0.5, 0.6) is 0 Å². The third-order valence-corrected chi connectivity index (χ3v) is 27.2. The van der Waals surface area contributed by atoms with Gasteiger partial charge >= 0.3 is 11.9 Å². The number of amides is 1. The van der Waals surface area contributed by atoms with Crippen LogP contribution in [0, 0.1) is 52.2 Å². The highest BCUT2D eigenvalue weighted by Crippen LogP contribution is 2.45. The Bertz CT molecular complexity index is 3080. The minimum Gasteiger partial charge on any atom is -0.480 e. The zero-order chi connectivity index (χ0) is 89.8. The smallest absolute Gasteiger partial charge is 0.329 e. The maximum absolute atomic E-state index is 12.0. The van der Waals surface area contributed by atoms with E-state index < -0.39 is 5.97 Å². The maximum Gasteiger partial charge on any atom is 0.329 e. The Morgan fingerprint density at radius 2 is 0.817 bits per heavy atom. The number of ketones is 4. The van der Waals surface area contributed by atoms with Crippen molar-refractivity contribution in [3.8, 4) is 0 Å². The Morgan fingerprint density at radius 3 is 1.16 bits per heavy atom. The number of rotatable bonds is 18. The number of esters is 1. The molecular formula is C99H176N12O9. The topological polar surface area (TPSA) is 208 Å². The first-order valence-electron chi connectivity index (χ1n) is 47.3. The molecule has 1 aliphatic carbocycles. The van der Waals surface area contributed by atoms with E-state index in [0.29, 0.717) is 102 Å². The highest BCUT2D eigenvalue weighted by atomic mass is 16.5. The lowest BCUT2D eigenvalue weighted by molar-refractivity contribution is -0.145. The van der Waals surface area contributed by atoms with Gasteiger partial charge in [-0.05, 0) is 332 Å². The Labute approximate surface area is 731 Å². The van der Waals surface area contributed by atoms with Gasteiger partial charge in [-0.3, -0.25) is 58.7 Å². The van der Waals surface area contributed by atoms with Crippen LogP contribution in [0.15, 0.2) is 48.5 Å². The van der Waals surface area contributed by atoms with Gasteiger partial charge in [-0.2, -0.15) is 0 Å². The SMILES string of the molecule is CC(=N)N1CCN(C(C)C)CC1.CC(=O)C1CCN(C(C)C)CC1.CC(=O)C1CCN(C(C)C)CC1.CC(=O)CN1CCC(C(C)C)CC1.CC(=O)CN1CCN(C(C)C)CC1.CC(=O)N1CCC(C(C)C)CC1.CC(C)N1CCC2(CC1)Cc1ccccc1C2.CC(C)N1C[C@H](C)C[C@H]1C(=O)O.CCOC(=O)C1Cc2ccccc2N1C(C)C. The molecule has 8 fully saturated rings. The molecule has 1 amide bonds. The molecule has 9 heterocycles.